The van der Waals surface area contributed by atoms with Crippen molar-refractivity contribution in [2.24, 2.45) is 11.8 Å². The minimum Gasteiger partial charge on any atom is -0.493 e. The van der Waals surface area contributed by atoms with Crippen LogP contribution in [0.15, 0.2) is 46.6 Å². The van der Waals surface area contributed by atoms with E-state index in [9.17, 15) is 13.2 Å². The van der Waals surface area contributed by atoms with Crippen LogP contribution in [0.1, 0.15) is 27.7 Å². The van der Waals surface area contributed by atoms with Crippen LogP contribution >= 0.6 is 0 Å². The Morgan fingerprint density at radius 2 is 1.88 bits per heavy atom. The topological polar surface area (TPSA) is 69.7 Å². The van der Waals surface area contributed by atoms with Gasteiger partial charge in [0.05, 0.1) is 22.8 Å². The summed E-state index contributed by atoms with van der Waals surface area (Å²) in [5.74, 6) is -0.380. The minimum atomic E-state index is -3.50. The molecule has 1 aliphatic heterocycles. The van der Waals surface area contributed by atoms with Crippen LogP contribution < -0.4 is 0 Å². The average Bonchev–Trinajstić information content (AvgIpc) is 2.84. The lowest BCUT2D eigenvalue weighted by atomic mass is 9.85. The second kappa shape index (κ2) is 7.38. The highest BCUT2D eigenvalue weighted by atomic mass is 32.2. The Bertz CT molecular complexity index is 719. The molecule has 24 heavy (non-hydrogen) atoms. The van der Waals surface area contributed by atoms with E-state index < -0.39 is 21.9 Å². The predicted octanol–water partition coefficient (Wildman–Crippen LogP) is 2.97. The molecule has 0 saturated carbocycles. The standard InChI is InChI=1S/C18H24O5S/c1-5-22-18(19)17-13(4)23-15(16(17)12(2)3)11-24(20,21)14-9-7-6-8-10-14/h6-10,12,15-16H,5,11H2,1-4H3/t15-,16-/m1/s1. The van der Waals surface area contributed by atoms with Gasteiger partial charge in [0.15, 0.2) is 9.84 Å². The fourth-order valence-corrected chi connectivity index (χ4v) is 4.59. The fourth-order valence-electron chi connectivity index (χ4n) is 3.11. The van der Waals surface area contributed by atoms with Crippen molar-refractivity contribution in [2.45, 2.75) is 38.7 Å². The van der Waals surface area contributed by atoms with E-state index in [4.69, 9.17) is 9.47 Å². The Hall–Kier alpha value is -1.82. The van der Waals surface area contributed by atoms with Gasteiger partial charge in [-0.3, -0.25) is 0 Å². The number of allylic oxidation sites excluding steroid dienone is 1. The molecule has 0 N–H and O–H groups in total. The van der Waals surface area contributed by atoms with Gasteiger partial charge < -0.3 is 9.47 Å². The number of rotatable bonds is 6. The summed E-state index contributed by atoms with van der Waals surface area (Å²) >= 11 is 0. The van der Waals surface area contributed by atoms with Crippen LogP contribution in [0, 0.1) is 11.8 Å². The van der Waals surface area contributed by atoms with Gasteiger partial charge in [0.1, 0.15) is 11.9 Å². The lowest BCUT2D eigenvalue weighted by molar-refractivity contribution is -0.139. The lowest BCUT2D eigenvalue weighted by Gasteiger charge is -2.24. The molecule has 0 aromatic heterocycles. The van der Waals surface area contributed by atoms with Crippen LogP contribution in [-0.2, 0) is 24.1 Å². The molecule has 1 aromatic carbocycles. The molecule has 0 amide bonds. The predicted molar refractivity (Wildman–Crippen MR) is 91.0 cm³/mol. The maximum absolute atomic E-state index is 12.7. The van der Waals surface area contributed by atoms with Gasteiger partial charge in [-0.2, -0.15) is 0 Å². The third-order valence-corrected chi connectivity index (χ3v) is 5.90. The molecule has 1 heterocycles. The second-order valence-corrected chi connectivity index (χ2v) is 8.25. The van der Waals surface area contributed by atoms with E-state index >= 15 is 0 Å². The van der Waals surface area contributed by atoms with E-state index in [2.05, 4.69) is 0 Å². The van der Waals surface area contributed by atoms with Crippen LogP contribution in [0.25, 0.3) is 0 Å². The molecule has 0 saturated heterocycles. The van der Waals surface area contributed by atoms with Crippen molar-refractivity contribution in [2.75, 3.05) is 12.4 Å². The lowest BCUT2D eigenvalue weighted by Crippen LogP contribution is -2.33. The zero-order valence-corrected chi connectivity index (χ0v) is 15.3. The van der Waals surface area contributed by atoms with Crippen molar-refractivity contribution >= 4 is 15.8 Å². The Kier molecular flexibility index (Phi) is 5.70. The number of hydrogen-bond donors (Lipinski definition) is 0. The minimum absolute atomic E-state index is 0.0535. The molecule has 0 fully saturated rings. The molecular formula is C18H24O5S. The summed E-state index contributed by atoms with van der Waals surface area (Å²) in [4.78, 5) is 12.5. The molecule has 6 heteroatoms. The van der Waals surface area contributed by atoms with Gasteiger partial charge in [0, 0.05) is 5.92 Å². The summed E-state index contributed by atoms with van der Waals surface area (Å²) < 4.78 is 36.2. The van der Waals surface area contributed by atoms with Crippen LogP contribution in [-0.4, -0.2) is 32.9 Å². The zero-order valence-electron chi connectivity index (χ0n) is 14.5. The molecule has 0 radical (unpaired) electrons. The van der Waals surface area contributed by atoms with Crippen LogP contribution in [0.3, 0.4) is 0 Å². The number of ether oxygens (including phenoxy) is 2. The zero-order chi connectivity index (χ0) is 17.9. The summed E-state index contributed by atoms with van der Waals surface area (Å²) in [6, 6.07) is 8.29. The number of sulfone groups is 1. The monoisotopic (exact) mass is 352 g/mol. The quantitative estimate of drug-likeness (QED) is 0.736. The van der Waals surface area contributed by atoms with Crippen molar-refractivity contribution in [3.8, 4) is 0 Å². The summed E-state index contributed by atoms with van der Waals surface area (Å²) in [6.07, 6.45) is -0.588. The first-order valence-electron chi connectivity index (χ1n) is 8.10. The van der Waals surface area contributed by atoms with E-state index in [-0.39, 0.29) is 29.1 Å². The van der Waals surface area contributed by atoms with Gasteiger partial charge in [-0.25, -0.2) is 13.2 Å². The Balaban J connectivity index is 2.28. The van der Waals surface area contributed by atoms with Crippen molar-refractivity contribution in [1.82, 2.24) is 0 Å². The Labute approximate surface area is 143 Å². The van der Waals surface area contributed by atoms with Crippen molar-refractivity contribution in [1.29, 1.82) is 0 Å². The fraction of sp³-hybridized carbons (Fsp3) is 0.500. The first kappa shape index (κ1) is 18.5. The molecule has 5 nitrogen and oxygen atoms in total. The van der Waals surface area contributed by atoms with Crippen LogP contribution in [0.4, 0.5) is 0 Å². The van der Waals surface area contributed by atoms with Crippen molar-refractivity contribution < 1.29 is 22.7 Å². The maximum atomic E-state index is 12.7. The van der Waals surface area contributed by atoms with E-state index in [0.29, 0.717) is 11.3 Å². The highest BCUT2D eigenvalue weighted by Crippen LogP contribution is 2.38. The van der Waals surface area contributed by atoms with Crippen molar-refractivity contribution in [3.63, 3.8) is 0 Å². The van der Waals surface area contributed by atoms with Crippen molar-refractivity contribution in [3.05, 3.63) is 41.7 Å². The van der Waals surface area contributed by atoms with Gasteiger partial charge in [0.25, 0.3) is 0 Å². The number of esters is 1. The summed E-state index contributed by atoms with van der Waals surface area (Å²) in [5.41, 5.74) is 0.458. The second-order valence-electron chi connectivity index (χ2n) is 6.21. The molecule has 0 unspecified atom stereocenters. The number of carbonyl (C=O) groups excluding carboxylic acids is 1. The molecule has 2 rings (SSSR count). The first-order chi connectivity index (χ1) is 11.3. The van der Waals surface area contributed by atoms with Gasteiger partial charge in [-0.15, -0.1) is 0 Å². The molecule has 2 atom stereocenters. The maximum Gasteiger partial charge on any atom is 0.337 e. The Morgan fingerprint density at radius 3 is 2.42 bits per heavy atom. The Morgan fingerprint density at radius 1 is 1.25 bits per heavy atom. The normalized spacial score (nSPS) is 21.0. The van der Waals surface area contributed by atoms with E-state index in [1.54, 1.807) is 44.2 Å². The van der Waals surface area contributed by atoms with Gasteiger partial charge in [-0.05, 0) is 31.9 Å². The first-order valence-corrected chi connectivity index (χ1v) is 9.75. The van der Waals surface area contributed by atoms with Gasteiger partial charge >= 0.3 is 5.97 Å². The number of hydrogen-bond acceptors (Lipinski definition) is 5. The van der Waals surface area contributed by atoms with E-state index in [1.165, 1.54) is 0 Å². The molecule has 132 valence electrons. The number of carbonyl (C=O) groups is 1. The summed E-state index contributed by atoms with van der Waals surface area (Å²) in [5, 5.41) is 0. The van der Waals surface area contributed by atoms with E-state index in [0.717, 1.165) is 0 Å². The SMILES string of the molecule is CCOC(=O)C1=C(C)O[C@H](CS(=O)(=O)c2ccccc2)[C@H]1C(C)C. The van der Waals surface area contributed by atoms with Crippen LogP contribution in [0.2, 0.25) is 0 Å². The third kappa shape index (κ3) is 3.80. The molecular weight excluding hydrogens is 328 g/mol. The molecule has 0 bridgehead atoms. The highest BCUT2D eigenvalue weighted by Gasteiger charge is 2.43. The molecule has 1 aliphatic rings. The number of benzene rings is 1. The summed E-state index contributed by atoms with van der Waals surface area (Å²) in [6.45, 7) is 7.61. The molecule has 0 aliphatic carbocycles. The van der Waals surface area contributed by atoms with E-state index in [1.807, 2.05) is 13.8 Å². The summed E-state index contributed by atoms with van der Waals surface area (Å²) in [7, 11) is -3.50. The smallest absolute Gasteiger partial charge is 0.337 e. The van der Waals surface area contributed by atoms with Crippen LogP contribution in [0.5, 0.6) is 0 Å². The average molecular weight is 352 g/mol. The highest BCUT2D eigenvalue weighted by molar-refractivity contribution is 7.91. The molecule has 1 aromatic rings. The molecule has 0 spiro atoms. The van der Waals surface area contributed by atoms with Gasteiger partial charge in [-0.1, -0.05) is 32.0 Å². The third-order valence-electron chi connectivity index (χ3n) is 4.14. The van der Waals surface area contributed by atoms with Gasteiger partial charge in [0.2, 0.25) is 0 Å². The largest absolute Gasteiger partial charge is 0.493 e.